The predicted octanol–water partition coefficient (Wildman–Crippen LogP) is 2.75. The molecule has 31 heavy (non-hydrogen) atoms. The summed E-state index contributed by atoms with van der Waals surface area (Å²) in [6, 6.07) is 8.60. The molecule has 1 heterocycles. The summed E-state index contributed by atoms with van der Waals surface area (Å²) in [6.07, 6.45) is 0.215. The fourth-order valence-corrected chi connectivity index (χ4v) is 3.80. The lowest BCUT2D eigenvalue weighted by atomic mass is 10.1. The van der Waals surface area contributed by atoms with Crippen molar-refractivity contribution in [3.8, 4) is 23.0 Å². The van der Waals surface area contributed by atoms with Gasteiger partial charge in [-0.05, 0) is 23.8 Å². The highest BCUT2D eigenvalue weighted by molar-refractivity contribution is 5.80. The highest BCUT2D eigenvalue weighted by Gasteiger charge is 2.24. The number of nitrogens with zero attached hydrogens (tertiary/aromatic N) is 2. The monoisotopic (exact) mass is 432 g/mol. The summed E-state index contributed by atoms with van der Waals surface area (Å²) in [6.45, 7) is 3.32. The van der Waals surface area contributed by atoms with Gasteiger partial charge in [0.2, 0.25) is 11.7 Å². The van der Waals surface area contributed by atoms with Crippen LogP contribution in [0, 0.1) is 5.82 Å². The topological polar surface area (TPSA) is 60.5 Å². The molecule has 2 aromatic rings. The van der Waals surface area contributed by atoms with E-state index in [-0.39, 0.29) is 23.9 Å². The molecule has 168 valence electrons. The third-order valence-electron chi connectivity index (χ3n) is 5.47. The molecule has 0 spiro atoms. The molecule has 1 fully saturated rings. The van der Waals surface area contributed by atoms with Gasteiger partial charge in [0.1, 0.15) is 0 Å². The molecule has 0 unspecified atom stereocenters. The normalized spacial score (nSPS) is 14.3. The molecule has 0 radical (unpaired) electrons. The van der Waals surface area contributed by atoms with Gasteiger partial charge in [-0.3, -0.25) is 9.69 Å². The van der Waals surface area contributed by atoms with Gasteiger partial charge in [-0.15, -0.1) is 0 Å². The quantitative estimate of drug-likeness (QED) is 0.639. The van der Waals surface area contributed by atoms with E-state index in [2.05, 4.69) is 4.90 Å². The van der Waals surface area contributed by atoms with Crippen LogP contribution in [0.5, 0.6) is 23.0 Å². The van der Waals surface area contributed by atoms with Crippen molar-refractivity contribution >= 4 is 5.91 Å². The van der Waals surface area contributed by atoms with Gasteiger partial charge in [0.15, 0.2) is 23.1 Å². The number of amides is 1. The van der Waals surface area contributed by atoms with Gasteiger partial charge in [-0.25, -0.2) is 4.39 Å². The summed E-state index contributed by atoms with van der Waals surface area (Å²) in [7, 11) is 6.10. The molecule has 8 heteroatoms. The van der Waals surface area contributed by atoms with Crippen molar-refractivity contribution in [2.75, 3.05) is 54.6 Å². The zero-order valence-corrected chi connectivity index (χ0v) is 18.4. The number of carbonyl (C=O) groups is 1. The minimum Gasteiger partial charge on any atom is -0.494 e. The van der Waals surface area contributed by atoms with E-state index in [0.29, 0.717) is 36.9 Å². The summed E-state index contributed by atoms with van der Waals surface area (Å²) < 4.78 is 35.1. The second-order valence-corrected chi connectivity index (χ2v) is 7.30. The summed E-state index contributed by atoms with van der Waals surface area (Å²) in [5, 5.41) is 0. The van der Waals surface area contributed by atoms with Crippen molar-refractivity contribution in [1.82, 2.24) is 9.80 Å². The first-order valence-corrected chi connectivity index (χ1v) is 10.1. The van der Waals surface area contributed by atoms with E-state index >= 15 is 0 Å². The molecule has 0 aliphatic carbocycles. The highest BCUT2D eigenvalue weighted by atomic mass is 19.1. The Morgan fingerprint density at radius 3 is 2.10 bits per heavy atom. The number of hydrogen-bond acceptors (Lipinski definition) is 6. The number of hydrogen-bond donors (Lipinski definition) is 0. The van der Waals surface area contributed by atoms with Crippen molar-refractivity contribution in [3.05, 3.63) is 47.3 Å². The van der Waals surface area contributed by atoms with Crippen LogP contribution in [0.3, 0.4) is 0 Å². The Morgan fingerprint density at radius 1 is 0.871 bits per heavy atom. The van der Waals surface area contributed by atoms with Crippen molar-refractivity contribution in [2.24, 2.45) is 0 Å². The van der Waals surface area contributed by atoms with Crippen LogP contribution >= 0.6 is 0 Å². The minimum absolute atomic E-state index is 0.0284. The van der Waals surface area contributed by atoms with Crippen molar-refractivity contribution in [3.63, 3.8) is 0 Å². The molecule has 0 N–H and O–H groups in total. The third kappa shape index (κ3) is 5.19. The van der Waals surface area contributed by atoms with Crippen LogP contribution in [0.2, 0.25) is 0 Å². The number of benzene rings is 2. The molecule has 0 bridgehead atoms. The third-order valence-corrected chi connectivity index (χ3v) is 5.47. The fourth-order valence-electron chi connectivity index (χ4n) is 3.80. The van der Waals surface area contributed by atoms with Crippen molar-refractivity contribution in [1.29, 1.82) is 0 Å². The minimum atomic E-state index is -0.363. The number of ether oxygens (including phenoxy) is 4. The van der Waals surface area contributed by atoms with Crippen LogP contribution in [0.1, 0.15) is 11.1 Å². The van der Waals surface area contributed by atoms with E-state index in [1.165, 1.54) is 13.2 Å². The number of rotatable bonds is 8. The van der Waals surface area contributed by atoms with Crippen LogP contribution in [0.25, 0.3) is 0 Å². The Morgan fingerprint density at radius 2 is 1.52 bits per heavy atom. The van der Waals surface area contributed by atoms with Gasteiger partial charge < -0.3 is 23.8 Å². The summed E-state index contributed by atoms with van der Waals surface area (Å²) in [4.78, 5) is 16.9. The maximum atomic E-state index is 13.9. The summed E-state index contributed by atoms with van der Waals surface area (Å²) >= 11 is 0. The van der Waals surface area contributed by atoms with E-state index in [1.807, 2.05) is 17.0 Å². The first-order valence-electron chi connectivity index (χ1n) is 10.1. The Balaban J connectivity index is 1.59. The molecule has 7 nitrogen and oxygen atoms in total. The van der Waals surface area contributed by atoms with E-state index in [9.17, 15) is 9.18 Å². The van der Waals surface area contributed by atoms with Crippen LogP contribution in [0.15, 0.2) is 30.3 Å². The fraction of sp³-hybridized carbons (Fsp3) is 0.435. The maximum absolute atomic E-state index is 13.9. The van der Waals surface area contributed by atoms with Gasteiger partial charge >= 0.3 is 0 Å². The maximum Gasteiger partial charge on any atom is 0.227 e. The molecular weight excluding hydrogens is 403 g/mol. The number of carbonyl (C=O) groups excluding carboxylic acids is 1. The zero-order chi connectivity index (χ0) is 22.4. The van der Waals surface area contributed by atoms with E-state index in [1.54, 1.807) is 33.5 Å². The molecule has 0 aromatic heterocycles. The standard InChI is InChI=1S/C23H29FN2O5/c1-28-19-7-5-16(13-18(19)24)15-25-9-11-26(12-10-25)21(27)14-17-6-8-20(29-2)23(31-4)22(17)30-3/h5-8,13H,9-12,14-15H2,1-4H3. The van der Waals surface area contributed by atoms with Gasteiger partial charge in [0, 0.05) is 38.3 Å². The molecule has 0 saturated carbocycles. The van der Waals surface area contributed by atoms with Crippen LogP contribution in [-0.2, 0) is 17.8 Å². The molecule has 1 aliphatic heterocycles. The van der Waals surface area contributed by atoms with Gasteiger partial charge in [-0.2, -0.15) is 0 Å². The molecule has 2 aromatic carbocycles. The lowest BCUT2D eigenvalue weighted by Crippen LogP contribution is -2.48. The van der Waals surface area contributed by atoms with Crippen LogP contribution < -0.4 is 18.9 Å². The van der Waals surface area contributed by atoms with Gasteiger partial charge in [0.05, 0.1) is 34.9 Å². The highest BCUT2D eigenvalue weighted by Crippen LogP contribution is 2.40. The summed E-state index contributed by atoms with van der Waals surface area (Å²) in [5.41, 5.74) is 1.63. The zero-order valence-electron chi connectivity index (χ0n) is 18.4. The van der Waals surface area contributed by atoms with Crippen LogP contribution in [0.4, 0.5) is 4.39 Å². The SMILES string of the molecule is COc1ccc(CN2CCN(C(=O)Cc3ccc(OC)c(OC)c3OC)CC2)cc1F. The Kier molecular flexibility index (Phi) is 7.57. The number of methoxy groups -OCH3 is 4. The van der Waals surface area contributed by atoms with Crippen LogP contribution in [-0.4, -0.2) is 70.3 Å². The first kappa shape index (κ1) is 22.7. The predicted molar refractivity (Wildman–Crippen MR) is 115 cm³/mol. The molecular formula is C23H29FN2O5. The smallest absolute Gasteiger partial charge is 0.227 e. The molecule has 1 amide bonds. The lowest BCUT2D eigenvalue weighted by Gasteiger charge is -2.35. The number of halogens is 1. The average Bonchev–Trinajstić information content (AvgIpc) is 2.79. The average molecular weight is 432 g/mol. The van der Waals surface area contributed by atoms with Crippen molar-refractivity contribution in [2.45, 2.75) is 13.0 Å². The van der Waals surface area contributed by atoms with Gasteiger partial charge in [0.25, 0.3) is 0 Å². The van der Waals surface area contributed by atoms with Crippen molar-refractivity contribution < 1.29 is 28.1 Å². The molecule has 3 rings (SSSR count). The first-order chi connectivity index (χ1) is 15.0. The second-order valence-electron chi connectivity index (χ2n) is 7.30. The lowest BCUT2D eigenvalue weighted by molar-refractivity contribution is -0.132. The molecule has 1 aliphatic rings. The Hall–Kier alpha value is -3.00. The van der Waals surface area contributed by atoms with E-state index < -0.39 is 0 Å². The Labute approximate surface area is 182 Å². The summed E-state index contributed by atoms with van der Waals surface area (Å²) in [5.74, 6) is 1.45. The largest absolute Gasteiger partial charge is 0.494 e. The van der Waals surface area contributed by atoms with Gasteiger partial charge in [-0.1, -0.05) is 12.1 Å². The van der Waals surface area contributed by atoms with E-state index in [4.69, 9.17) is 18.9 Å². The molecule has 0 atom stereocenters. The number of piperazine rings is 1. The Bertz CT molecular complexity index is 913. The molecule has 1 saturated heterocycles. The second kappa shape index (κ2) is 10.3. The van der Waals surface area contributed by atoms with E-state index in [0.717, 1.165) is 24.2 Å².